The zero-order valence-corrected chi connectivity index (χ0v) is 11.0. The molecule has 0 unspecified atom stereocenters. The van der Waals surface area contributed by atoms with E-state index in [4.69, 9.17) is 12.2 Å². The number of fused-ring (bicyclic) bond motifs is 1. The quantitative estimate of drug-likeness (QED) is 0.846. The molecule has 0 bridgehead atoms. The number of hydrogen-bond acceptors (Lipinski definition) is 4. The molecule has 1 aliphatic rings. The first kappa shape index (κ1) is 11.1. The van der Waals surface area contributed by atoms with E-state index in [1.807, 2.05) is 6.20 Å². The molecule has 0 aliphatic carbocycles. The molecule has 2 aromatic rings. The lowest BCUT2D eigenvalue weighted by Crippen LogP contribution is -2.30. The number of aromatic nitrogens is 2. The van der Waals surface area contributed by atoms with Crippen molar-refractivity contribution in [1.82, 2.24) is 14.9 Å². The second-order valence-electron chi connectivity index (χ2n) is 4.28. The van der Waals surface area contributed by atoms with Crippen molar-refractivity contribution in [3.8, 4) is 0 Å². The summed E-state index contributed by atoms with van der Waals surface area (Å²) in [6.07, 6.45) is 2.97. The fourth-order valence-electron chi connectivity index (χ4n) is 2.17. The molecule has 0 fully saturated rings. The highest BCUT2D eigenvalue weighted by Crippen LogP contribution is 2.18. The van der Waals surface area contributed by atoms with Gasteiger partial charge in [-0.1, -0.05) is 0 Å². The smallest absolute Gasteiger partial charge is 0.196 e. The molecule has 0 spiro atoms. The van der Waals surface area contributed by atoms with Crippen molar-refractivity contribution < 1.29 is 0 Å². The number of H-pyrrole nitrogens is 1. The predicted octanol–water partition coefficient (Wildman–Crippen LogP) is 2.76. The summed E-state index contributed by atoms with van der Waals surface area (Å²) in [5.41, 5.74) is 3.93. The molecule has 0 aromatic carbocycles. The monoisotopic (exact) mass is 263 g/mol. The van der Waals surface area contributed by atoms with Gasteiger partial charge in [-0.25, -0.2) is 4.98 Å². The van der Waals surface area contributed by atoms with Gasteiger partial charge in [0.25, 0.3) is 0 Å². The van der Waals surface area contributed by atoms with Crippen molar-refractivity contribution in [2.24, 2.45) is 0 Å². The fourth-order valence-corrected chi connectivity index (χ4v) is 3.01. The summed E-state index contributed by atoms with van der Waals surface area (Å²) < 4.78 is 0.584. The van der Waals surface area contributed by atoms with Crippen molar-refractivity contribution in [3.63, 3.8) is 0 Å². The van der Waals surface area contributed by atoms with E-state index >= 15 is 0 Å². The molecular weight excluding hydrogens is 250 g/mol. The van der Waals surface area contributed by atoms with Crippen molar-refractivity contribution >= 4 is 23.6 Å². The Labute approximate surface area is 109 Å². The third-order valence-electron chi connectivity index (χ3n) is 3.05. The van der Waals surface area contributed by atoms with E-state index in [0.29, 0.717) is 4.77 Å². The van der Waals surface area contributed by atoms with E-state index in [1.54, 1.807) is 11.3 Å². The number of hydrogen-bond donors (Lipinski definition) is 1. The van der Waals surface area contributed by atoms with Crippen molar-refractivity contribution in [2.45, 2.75) is 19.5 Å². The Morgan fingerprint density at radius 1 is 1.53 bits per heavy atom. The third-order valence-corrected chi connectivity index (χ3v) is 3.99. The predicted molar refractivity (Wildman–Crippen MR) is 71.6 cm³/mol. The first-order valence-electron chi connectivity index (χ1n) is 5.62. The number of rotatable bonds is 2. The van der Waals surface area contributed by atoms with E-state index < -0.39 is 0 Å². The summed E-state index contributed by atoms with van der Waals surface area (Å²) in [6.45, 7) is 3.05. The van der Waals surface area contributed by atoms with Crippen LogP contribution in [0.1, 0.15) is 16.8 Å². The molecule has 0 amide bonds. The van der Waals surface area contributed by atoms with Gasteiger partial charge in [0.05, 0.1) is 0 Å². The molecule has 0 radical (unpaired) electrons. The van der Waals surface area contributed by atoms with Crippen LogP contribution >= 0.6 is 23.6 Å². The lowest BCUT2D eigenvalue weighted by atomic mass is 10.1. The molecule has 3 nitrogen and oxygen atoms in total. The molecule has 0 saturated heterocycles. The second kappa shape index (κ2) is 4.68. The molecule has 5 heteroatoms. The van der Waals surface area contributed by atoms with E-state index in [2.05, 4.69) is 31.7 Å². The molecule has 88 valence electrons. The van der Waals surface area contributed by atoms with E-state index in [1.165, 1.54) is 16.8 Å². The van der Waals surface area contributed by atoms with Crippen LogP contribution in [0.4, 0.5) is 0 Å². The van der Waals surface area contributed by atoms with Gasteiger partial charge in [-0.2, -0.15) is 11.3 Å². The number of nitrogens with zero attached hydrogens (tertiary/aromatic N) is 2. The van der Waals surface area contributed by atoms with Crippen LogP contribution in [-0.2, 0) is 19.5 Å². The zero-order valence-electron chi connectivity index (χ0n) is 9.35. The highest BCUT2D eigenvalue weighted by Gasteiger charge is 2.16. The largest absolute Gasteiger partial charge is 0.333 e. The first-order chi connectivity index (χ1) is 8.31. The Morgan fingerprint density at radius 2 is 2.47 bits per heavy atom. The van der Waals surface area contributed by atoms with Crippen molar-refractivity contribution in [2.75, 3.05) is 6.54 Å². The molecule has 17 heavy (non-hydrogen) atoms. The van der Waals surface area contributed by atoms with Crippen LogP contribution in [0.15, 0.2) is 23.0 Å². The Morgan fingerprint density at radius 3 is 3.29 bits per heavy atom. The van der Waals surface area contributed by atoms with Crippen LogP contribution < -0.4 is 0 Å². The zero-order chi connectivity index (χ0) is 11.7. The van der Waals surface area contributed by atoms with Gasteiger partial charge in [-0.3, -0.25) is 4.90 Å². The van der Waals surface area contributed by atoms with Gasteiger partial charge in [0.2, 0.25) is 0 Å². The van der Waals surface area contributed by atoms with Gasteiger partial charge >= 0.3 is 0 Å². The summed E-state index contributed by atoms with van der Waals surface area (Å²) in [4.78, 5) is 9.78. The minimum Gasteiger partial charge on any atom is -0.333 e. The summed E-state index contributed by atoms with van der Waals surface area (Å²) >= 11 is 6.82. The van der Waals surface area contributed by atoms with Gasteiger partial charge in [0, 0.05) is 31.5 Å². The average molecular weight is 263 g/mol. The Bertz CT molecular complexity index is 559. The highest BCUT2D eigenvalue weighted by atomic mass is 32.1. The maximum atomic E-state index is 5.07. The summed E-state index contributed by atoms with van der Waals surface area (Å²) in [7, 11) is 0. The fraction of sp³-hybridized carbons (Fsp3) is 0.333. The van der Waals surface area contributed by atoms with Gasteiger partial charge in [-0.05, 0) is 46.6 Å². The Kier molecular flexibility index (Phi) is 3.05. The van der Waals surface area contributed by atoms with E-state index in [-0.39, 0.29) is 0 Å². The molecule has 0 saturated carbocycles. The molecular formula is C12H13N3S2. The van der Waals surface area contributed by atoms with Crippen molar-refractivity contribution in [3.05, 3.63) is 44.6 Å². The maximum Gasteiger partial charge on any atom is 0.196 e. The first-order valence-corrected chi connectivity index (χ1v) is 6.97. The van der Waals surface area contributed by atoms with E-state index in [9.17, 15) is 0 Å². The third kappa shape index (κ3) is 2.46. The molecule has 2 aromatic heterocycles. The lowest BCUT2D eigenvalue weighted by molar-refractivity contribution is 0.241. The van der Waals surface area contributed by atoms with Gasteiger partial charge in [-0.15, -0.1) is 0 Å². The standard InChI is InChI=1S/C12H13N3S2/c16-12-13-5-10-1-3-15(7-11(10)14-12)6-9-2-4-17-8-9/h2,4-5,8H,1,3,6-7H2,(H,13,14,16). The SMILES string of the molecule is S=c1ncc2c([nH]1)CN(Cc1ccsc1)CC2. The number of aromatic amines is 1. The van der Waals surface area contributed by atoms with Crippen LogP contribution in [-0.4, -0.2) is 21.4 Å². The van der Waals surface area contributed by atoms with Gasteiger partial charge in [0.1, 0.15) is 0 Å². The van der Waals surface area contributed by atoms with Crippen LogP contribution in [0, 0.1) is 4.77 Å². The second-order valence-corrected chi connectivity index (χ2v) is 5.45. The highest BCUT2D eigenvalue weighted by molar-refractivity contribution is 7.71. The Hall–Kier alpha value is -1.04. The Balaban J connectivity index is 1.78. The molecule has 3 heterocycles. The summed E-state index contributed by atoms with van der Waals surface area (Å²) in [5, 5.41) is 4.34. The topological polar surface area (TPSA) is 31.9 Å². The van der Waals surface area contributed by atoms with Crippen LogP contribution in [0.25, 0.3) is 0 Å². The average Bonchev–Trinajstić information content (AvgIpc) is 2.81. The normalized spacial score (nSPS) is 15.8. The molecule has 3 rings (SSSR count). The lowest BCUT2D eigenvalue weighted by Gasteiger charge is -2.27. The summed E-state index contributed by atoms with van der Waals surface area (Å²) in [5.74, 6) is 0. The maximum absolute atomic E-state index is 5.07. The van der Waals surface area contributed by atoms with Gasteiger partial charge in [0.15, 0.2) is 4.77 Å². The number of nitrogens with one attached hydrogen (secondary N) is 1. The minimum atomic E-state index is 0.584. The molecule has 0 atom stereocenters. The molecule has 1 aliphatic heterocycles. The van der Waals surface area contributed by atoms with Gasteiger partial charge < -0.3 is 4.98 Å². The molecule has 1 N–H and O–H groups in total. The van der Waals surface area contributed by atoms with Crippen LogP contribution in [0.2, 0.25) is 0 Å². The summed E-state index contributed by atoms with van der Waals surface area (Å²) in [6, 6.07) is 2.19. The van der Waals surface area contributed by atoms with Crippen LogP contribution in [0.3, 0.4) is 0 Å². The number of thiophene rings is 1. The van der Waals surface area contributed by atoms with Crippen LogP contribution in [0.5, 0.6) is 0 Å². The van der Waals surface area contributed by atoms with E-state index in [0.717, 1.165) is 26.1 Å². The minimum absolute atomic E-state index is 0.584. The van der Waals surface area contributed by atoms with Crippen molar-refractivity contribution in [1.29, 1.82) is 0 Å².